The van der Waals surface area contributed by atoms with Gasteiger partial charge in [0.1, 0.15) is 5.69 Å². The number of rotatable bonds is 6. The maximum absolute atomic E-state index is 12.9. The number of ether oxygens (including phenoxy) is 1. The molecule has 11 nitrogen and oxygen atoms in total. The van der Waals surface area contributed by atoms with Crippen molar-refractivity contribution in [3.8, 4) is 0 Å². The Labute approximate surface area is 184 Å². The van der Waals surface area contributed by atoms with Crippen LogP contribution in [-0.4, -0.2) is 72.2 Å². The second kappa shape index (κ2) is 9.40. The first-order chi connectivity index (χ1) is 15.2. The molecule has 0 N–H and O–H groups in total. The number of para-hydroxylation sites is 1. The highest BCUT2D eigenvalue weighted by molar-refractivity contribution is 7.89. The summed E-state index contributed by atoms with van der Waals surface area (Å²) in [6.45, 7) is 3.67. The molecule has 0 atom stereocenters. The summed E-state index contributed by atoms with van der Waals surface area (Å²) in [4.78, 5) is 40.5. The van der Waals surface area contributed by atoms with Crippen LogP contribution >= 0.6 is 0 Å². The predicted octanol–water partition coefficient (Wildman–Crippen LogP) is 1.62. The highest BCUT2D eigenvalue weighted by Crippen LogP contribution is 2.27. The molecule has 1 amide bonds. The highest BCUT2D eigenvalue weighted by atomic mass is 32.2. The third-order valence-electron chi connectivity index (χ3n) is 5.01. The molecule has 12 heteroatoms. The molecule has 1 fully saturated rings. The van der Waals surface area contributed by atoms with Crippen LogP contribution in [0.4, 0.5) is 5.69 Å². The van der Waals surface area contributed by atoms with Crippen molar-refractivity contribution < 1.29 is 27.7 Å². The van der Waals surface area contributed by atoms with Gasteiger partial charge in [0.15, 0.2) is 4.90 Å². The highest BCUT2D eigenvalue weighted by Gasteiger charge is 2.34. The normalized spacial score (nSPS) is 14.8. The molecular formula is C20H22N4O7S. The third kappa shape index (κ3) is 4.60. The first kappa shape index (κ1) is 23.3. The summed E-state index contributed by atoms with van der Waals surface area (Å²) in [5.74, 6) is -0.920. The van der Waals surface area contributed by atoms with E-state index in [0.717, 1.165) is 10.4 Å². The van der Waals surface area contributed by atoms with Gasteiger partial charge >= 0.3 is 5.97 Å². The Kier molecular flexibility index (Phi) is 6.84. The number of pyridine rings is 1. The van der Waals surface area contributed by atoms with Crippen molar-refractivity contribution in [1.82, 2.24) is 14.2 Å². The Morgan fingerprint density at radius 3 is 2.38 bits per heavy atom. The van der Waals surface area contributed by atoms with Crippen molar-refractivity contribution in [3.05, 3.63) is 63.5 Å². The van der Waals surface area contributed by atoms with Gasteiger partial charge in [-0.2, -0.15) is 4.31 Å². The summed E-state index contributed by atoms with van der Waals surface area (Å²) in [7, 11) is -4.09. The van der Waals surface area contributed by atoms with Crippen LogP contribution in [0.1, 0.15) is 33.5 Å². The zero-order chi connectivity index (χ0) is 23.5. The van der Waals surface area contributed by atoms with Gasteiger partial charge in [-0.25, -0.2) is 18.2 Å². The minimum Gasteiger partial charge on any atom is -0.462 e. The van der Waals surface area contributed by atoms with Gasteiger partial charge in [0, 0.05) is 32.2 Å². The van der Waals surface area contributed by atoms with Crippen LogP contribution < -0.4 is 0 Å². The van der Waals surface area contributed by atoms with Gasteiger partial charge in [-0.05, 0) is 32.0 Å². The van der Waals surface area contributed by atoms with Gasteiger partial charge in [-0.15, -0.1) is 0 Å². The Morgan fingerprint density at radius 2 is 1.78 bits per heavy atom. The number of nitro benzene ring substituents is 1. The van der Waals surface area contributed by atoms with E-state index in [2.05, 4.69) is 4.98 Å². The van der Waals surface area contributed by atoms with Crippen molar-refractivity contribution in [3.63, 3.8) is 0 Å². The average Bonchev–Trinajstić information content (AvgIpc) is 2.78. The number of aromatic nitrogens is 1. The molecule has 32 heavy (non-hydrogen) atoms. The summed E-state index contributed by atoms with van der Waals surface area (Å²) in [6, 6.07) is 8.06. The molecule has 1 saturated heterocycles. The molecule has 1 aromatic carbocycles. The van der Waals surface area contributed by atoms with Gasteiger partial charge in [-0.3, -0.25) is 14.9 Å². The zero-order valence-corrected chi connectivity index (χ0v) is 18.4. The Hall–Kier alpha value is -3.38. The molecule has 0 bridgehead atoms. The Morgan fingerprint density at radius 1 is 1.12 bits per heavy atom. The fourth-order valence-electron chi connectivity index (χ4n) is 3.36. The predicted molar refractivity (Wildman–Crippen MR) is 113 cm³/mol. The lowest BCUT2D eigenvalue weighted by atomic mass is 10.1. The van der Waals surface area contributed by atoms with Gasteiger partial charge in [0.25, 0.3) is 11.6 Å². The van der Waals surface area contributed by atoms with E-state index in [-0.39, 0.29) is 48.9 Å². The summed E-state index contributed by atoms with van der Waals surface area (Å²) in [6.07, 6.45) is 0. The number of nitro groups is 1. The third-order valence-corrected chi connectivity index (χ3v) is 6.95. The number of hydrogen-bond donors (Lipinski definition) is 0. The monoisotopic (exact) mass is 462 g/mol. The Balaban J connectivity index is 1.72. The van der Waals surface area contributed by atoms with Crippen LogP contribution in [0.5, 0.6) is 0 Å². The number of benzene rings is 1. The van der Waals surface area contributed by atoms with E-state index in [1.54, 1.807) is 13.8 Å². The largest absolute Gasteiger partial charge is 0.462 e. The lowest BCUT2D eigenvalue weighted by Crippen LogP contribution is -2.50. The molecule has 0 saturated carbocycles. The maximum Gasteiger partial charge on any atom is 0.339 e. The fourth-order valence-corrected chi connectivity index (χ4v) is 4.94. The summed E-state index contributed by atoms with van der Waals surface area (Å²) in [5.41, 5.74) is 0.258. The first-order valence-electron chi connectivity index (χ1n) is 9.84. The van der Waals surface area contributed by atoms with Gasteiger partial charge < -0.3 is 9.64 Å². The first-order valence-corrected chi connectivity index (χ1v) is 11.3. The van der Waals surface area contributed by atoms with Gasteiger partial charge in [-0.1, -0.05) is 12.1 Å². The molecule has 0 aliphatic carbocycles. The van der Waals surface area contributed by atoms with Crippen molar-refractivity contribution in [2.45, 2.75) is 18.7 Å². The number of esters is 1. The number of piperazine rings is 1. The number of amides is 1. The molecular weight excluding hydrogens is 440 g/mol. The molecule has 1 aliphatic heterocycles. The number of nitrogens with zero attached hydrogens (tertiary/aromatic N) is 4. The van der Waals surface area contributed by atoms with Crippen LogP contribution in [0.3, 0.4) is 0 Å². The Bertz CT molecular complexity index is 1160. The topological polar surface area (TPSA) is 140 Å². The van der Waals surface area contributed by atoms with Gasteiger partial charge in [0.2, 0.25) is 10.0 Å². The molecule has 0 unspecified atom stereocenters. The van der Waals surface area contributed by atoms with E-state index in [9.17, 15) is 28.1 Å². The second-order valence-electron chi connectivity index (χ2n) is 6.97. The van der Waals surface area contributed by atoms with E-state index in [0.29, 0.717) is 5.69 Å². The molecule has 1 aliphatic rings. The standard InChI is InChI=1S/C20H22N4O7S/c1-3-31-20(26)15-8-9-16(21-14(15)2)19(25)22-10-12-23(13-11-22)32(29,30)18-7-5-4-6-17(18)24(27)28/h4-9H,3,10-13H2,1-2H3. The van der Waals surface area contributed by atoms with Crippen LogP contribution in [0.15, 0.2) is 41.3 Å². The lowest BCUT2D eigenvalue weighted by Gasteiger charge is -2.33. The van der Waals surface area contributed by atoms with E-state index < -0.39 is 32.5 Å². The minimum atomic E-state index is -4.09. The summed E-state index contributed by atoms with van der Waals surface area (Å²) >= 11 is 0. The number of hydrogen-bond acceptors (Lipinski definition) is 8. The average molecular weight is 462 g/mol. The van der Waals surface area contributed by atoms with Crippen molar-refractivity contribution in [1.29, 1.82) is 0 Å². The molecule has 170 valence electrons. The van der Waals surface area contributed by atoms with E-state index in [4.69, 9.17) is 4.74 Å². The molecule has 3 rings (SSSR count). The summed E-state index contributed by atoms with van der Waals surface area (Å²) in [5, 5.41) is 11.2. The fraction of sp³-hybridized carbons (Fsp3) is 0.350. The van der Waals surface area contributed by atoms with Crippen LogP contribution in [0.25, 0.3) is 0 Å². The second-order valence-corrected chi connectivity index (χ2v) is 8.88. The quantitative estimate of drug-likeness (QED) is 0.358. The zero-order valence-electron chi connectivity index (χ0n) is 17.6. The molecule has 2 aromatic rings. The van der Waals surface area contributed by atoms with E-state index in [1.165, 1.54) is 35.2 Å². The number of carbonyl (C=O) groups excluding carboxylic acids is 2. The molecule has 1 aromatic heterocycles. The van der Waals surface area contributed by atoms with Crippen LogP contribution in [0.2, 0.25) is 0 Å². The van der Waals surface area contributed by atoms with Crippen LogP contribution in [-0.2, 0) is 14.8 Å². The number of carbonyl (C=O) groups is 2. The van der Waals surface area contributed by atoms with Crippen molar-refractivity contribution >= 4 is 27.6 Å². The van der Waals surface area contributed by atoms with Gasteiger partial charge in [0.05, 0.1) is 22.8 Å². The molecule has 0 spiro atoms. The minimum absolute atomic E-state index is 0.0139. The van der Waals surface area contributed by atoms with E-state index in [1.807, 2.05) is 0 Å². The number of aryl methyl sites for hydroxylation is 1. The maximum atomic E-state index is 12.9. The molecule has 2 heterocycles. The van der Waals surface area contributed by atoms with Crippen molar-refractivity contribution in [2.24, 2.45) is 0 Å². The number of sulfonamides is 1. The smallest absolute Gasteiger partial charge is 0.339 e. The molecule has 0 radical (unpaired) electrons. The van der Waals surface area contributed by atoms with Crippen molar-refractivity contribution in [2.75, 3.05) is 32.8 Å². The summed E-state index contributed by atoms with van der Waals surface area (Å²) < 4.78 is 31.9. The SMILES string of the molecule is CCOC(=O)c1ccc(C(=O)N2CCN(S(=O)(=O)c3ccccc3[N+](=O)[O-])CC2)nc1C. The lowest BCUT2D eigenvalue weighted by molar-refractivity contribution is -0.387. The van der Waals surface area contributed by atoms with E-state index >= 15 is 0 Å². The van der Waals surface area contributed by atoms with Crippen LogP contribution in [0, 0.1) is 17.0 Å².